The third-order valence-electron chi connectivity index (χ3n) is 3.54. The Morgan fingerprint density at radius 3 is 1.71 bits per heavy atom. The van der Waals surface area contributed by atoms with Crippen molar-refractivity contribution < 1.29 is 4.79 Å². The highest BCUT2D eigenvalue weighted by molar-refractivity contribution is 5.45. The lowest BCUT2D eigenvalue weighted by molar-refractivity contribution is -0.109. The molecule has 1 amide bonds. The van der Waals surface area contributed by atoms with E-state index in [0.717, 1.165) is 31.3 Å². The van der Waals surface area contributed by atoms with Gasteiger partial charge < -0.3 is 10.6 Å². The van der Waals surface area contributed by atoms with Crippen LogP contribution < -0.4 is 10.6 Å². The summed E-state index contributed by atoms with van der Waals surface area (Å²) in [7, 11) is 1.97. The first-order chi connectivity index (χ1) is 10.2. The van der Waals surface area contributed by atoms with E-state index in [0.29, 0.717) is 0 Å². The highest BCUT2D eigenvalue weighted by Crippen LogP contribution is 2.47. The molecule has 0 aromatic rings. The van der Waals surface area contributed by atoms with Crippen LogP contribution >= 0.6 is 0 Å². The van der Waals surface area contributed by atoms with Crippen molar-refractivity contribution in [3.63, 3.8) is 0 Å². The summed E-state index contributed by atoms with van der Waals surface area (Å²) in [6, 6.07) is 0. The van der Waals surface area contributed by atoms with E-state index in [1.165, 1.54) is 38.5 Å². The second kappa shape index (κ2) is 21.7. The molecule has 0 aromatic carbocycles. The Hall–Kier alpha value is -0.570. The predicted octanol–water partition coefficient (Wildman–Crippen LogP) is 4.76. The monoisotopic (exact) mass is 302 g/mol. The van der Waals surface area contributed by atoms with Gasteiger partial charge in [0.2, 0.25) is 6.41 Å². The van der Waals surface area contributed by atoms with E-state index in [2.05, 4.69) is 24.5 Å². The van der Waals surface area contributed by atoms with E-state index in [1.54, 1.807) is 0 Å². The molecular formula is C18H42N2O. The fourth-order valence-electron chi connectivity index (χ4n) is 1.51. The first-order valence-corrected chi connectivity index (χ1v) is 9.00. The Labute approximate surface area is 134 Å². The van der Waals surface area contributed by atoms with Crippen molar-refractivity contribution in [2.24, 2.45) is 5.41 Å². The molecule has 1 rings (SSSR count). The summed E-state index contributed by atoms with van der Waals surface area (Å²) in [5, 5.41) is 5.74. The fraction of sp³-hybridized carbons (Fsp3) is 0.944. The molecule has 0 aromatic heterocycles. The first-order valence-electron chi connectivity index (χ1n) is 9.00. The zero-order valence-electron chi connectivity index (χ0n) is 15.8. The van der Waals surface area contributed by atoms with Crippen molar-refractivity contribution in [3.8, 4) is 0 Å². The van der Waals surface area contributed by atoms with E-state index < -0.39 is 0 Å². The van der Waals surface area contributed by atoms with Gasteiger partial charge in [0.05, 0.1) is 0 Å². The largest absolute Gasteiger partial charge is 0.359 e. The van der Waals surface area contributed by atoms with Crippen LogP contribution in [0.2, 0.25) is 0 Å². The molecule has 0 unspecified atom stereocenters. The lowest BCUT2D eigenvalue weighted by atomic mass is 10.1. The second-order valence-corrected chi connectivity index (χ2v) is 5.25. The summed E-state index contributed by atoms with van der Waals surface area (Å²) < 4.78 is 0. The van der Waals surface area contributed by atoms with Crippen LogP contribution in [0.1, 0.15) is 86.5 Å². The molecule has 21 heavy (non-hydrogen) atoms. The van der Waals surface area contributed by atoms with Crippen LogP contribution in [0.15, 0.2) is 0 Å². The number of rotatable bonds is 9. The third-order valence-corrected chi connectivity index (χ3v) is 3.54. The SMILES string of the molecule is CC.CC.CCC1(C)CC1.CNCCCCCCNC=O. The molecule has 2 N–H and O–H groups in total. The van der Waals surface area contributed by atoms with Crippen LogP contribution in [0.25, 0.3) is 0 Å². The molecule has 0 spiro atoms. The number of nitrogens with one attached hydrogen (secondary N) is 2. The lowest BCUT2D eigenvalue weighted by Gasteiger charge is -1.99. The van der Waals surface area contributed by atoms with Crippen molar-refractivity contribution in [2.45, 2.75) is 86.5 Å². The summed E-state index contributed by atoms with van der Waals surface area (Å²) in [6.07, 6.45) is 9.89. The molecule has 3 heteroatoms. The maximum absolute atomic E-state index is 9.82. The zero-order chi connectivity index (χ0) is 17.0. The molecule has 0 bridgehead atoms. The van der Waals surface area contributed by atoms with E-state index in [-0.39, 0.29) is 0 Å². The van der Waals surface area contributed by atoms with Gasteiger partial charge in [-0.05, 0) is 44.7 Å². The molecule has 1 aliphatic carbocycles. The molecule has 0 aliphatic heterocycles. The summed E-state index contributed by atoms with van der Waals surface area (Å²) in [5.74, 6) is 0. The van der Waals surface area contributed by atoms with Crippen molar-refractivity contribution in [1.82, 2.24) is 10.6 Å². The van der Waals surface area contributed by atoms with Crippen molar-refractivity contribution in [1.29, 1.82) is 0 Å². The third kappa shape index (κ3) is 24.8. The van der Waals surface area contributed by atoms with Gasteiger partial charge in [0.15, 0.2) is 0 Å². The quantitative estimate of drug-likeness (QED) is 0.476. The highest BCUT2D eigenvalue weighted by Gasteiger charge is 2.34. The van der Waals surface area contributed by atoms with Gasteiger partial charge in [0, 0.05) is 6.54 Å². The lowest BCUT2D eigenvalue weighted by Crippen LogP contribution is -2.12. The summed E-state index contributed by atoms with van der Waals surface area (Å²) >= 11 is 0. The number of carbonyl (C=O) groups is 1. The van der Waals surface area contributed by atoms with Gasteiger partial charge in [-0.25, -0.2) is 0 Å². The predicted molar refractivity (Wildman–Crippen MR) is 96.8 cm³/mol. The first kappa shape index (κ1) is 25.4. The topological polar surface area (TPSA) is 41.1 Å². The number of unbranched alkanes of at least 4 members (excludes halogenated alkanes) is 3. The van der Waals surface area contributed by atoms with E-state index >= 15 is 0 Å². The van der Waals surface area contributed by atoms with Gasteiger partial charge in [-0.2, -0.15) is 0 Å². The Kier molecular flexibility index (Phi) is 26.3. The molecular weight excluding hydrogens is 260 g/mol. The summed E-state index contributed by atoms with van der Waals surface area (Å²) in [4.78, 5) is 9.82. The minimum atomic E-state index is 0.758. The normalized spacial score (nSPS) is 13.3. The average molecular weight is 303 g/mol. The van der Waals surface area contributed by atoms with Gasteiger partial charge in [-0.3, -0.25) is 4.79 Å². The molecule has 0 atom stereocenters. The van der Waals surface area contributed by atoms with Gasteiger partial charge in [-0.15, -0.1) is 0 Å². The molecule has 130 valence electrons. The standard InChI is InChI=1S/C8H18N2O.C6H12.2C2H6/c1-9-6-4-2-3-5-7-10-8-11;1-3-6(2)4-5-6;2*1-2/h8-9H,2-7H2,1H3,(H,10,11);3-5H2,1-2H3;2*1-2H3. The van der Waals surface area contributed by atoms with Gasteiger partial charge in [0.25, 0.3) is 0 Å². The van der Waals surface area contributed by atoms with Gasteiger partial charge >= 0.3 is 0 Å². The number of hydrogen-bond acceptors (Lipinski definition) is 2. The average Bonchev–Trinajstić information content (AvgIpc) is 3.30. The maximum Gasteiger partial charge on any atom is 0.207 e. The van der Waals surface area contributed by atoms with Crippen molar-refractivity contribution in [2.75, 3.05) is 20.1 Å². The van der Waals surface area contributed by atoms with Crippen LogP contribution in [0.3, 0.4) is 0 Å². The van der Waals surface area contributed by atoms with Crippen LogP contribution in [-0.2, 0) is 4.79 Å². The molecule has 1 fully saturated rings. The summed E-state index contributed by atoms with van der Waals surface area (Å²) in [6.45, 7) is 14.5. The minimum Gasteiger partial charge on any atom is -0.359 e. The Morgan fingerprint density at radius 2 is 1.43 bits per heavy atom. The van der Waals surface area contributed by atoms with Crippen LogP contribution in [-0.4, -0.2) is 26.5 Å². The Morgan fingerprint density at radius 1 is 0.952 bits per heavy atom. The van der Waals surface area contributed by atoms with Crippen LogP contribution in [0.5, 0.6) is 0 Å². The van der Waals surface area contributed by atoms with Crippen LogP contribution in [0, 0.1) is 5.41 Å². The Balaban J connectivity index is -0.000000271. The van der Waals surface area contributed by atoms with E-state index in [1.807, 2.05) is 34.7 Å². The minimum absolute atomic E-state index is 0.758. The van der Waals surface area contributed by atoms with Gasteiger partial charge in [0.1, 0.15) is 0 Å². The molecule has 1 saturated carbocycles. The van der Waals surface area contributed by atoms with Crippen LogP contribution in [0.4, 0.5) is 0 Å². The highest BCUT2D eigenvalue weighted by atomic mass is 16.1. The van der Waals surface area contributed by atoms with E-state index in [9.17, 15) is 4.79 Å². The molecule has 0 heterocycles. The summed E-state index contributed by atoms with van der Waals surface area (Å²) in [5.41, 5.74) is 0.792. The van der Waals surface area contributed by atoms with E-state index in [4.69, 9.17) is 0 Å². The smallest absolute Gasteiger partial charge is 0.207 e. The maximum atomic E-state index is 9.82. The number of amides is 1. The Bertz CT molecular complexity index is 180. The van der Waals surface area contributed by atoms with Crippen molar-refractivity contribution >= 4 is 6.41 Å². The number of hydrogen-bond donors (Lipinski definition) is 2. The molecule has 0 saturated heterocycles. The molecule has 0 radical (unpaired) electrons. The van der Waals surface area contributed by atoms with Gasteiger partial charge in [-0.1, -0.05) is 60.8 Å². The number of carbonyl (C=O) groups excluding carboxylic acids is 1. The molecule has 1 aliphatic rings. The fourth-order valence-corrected chi connectivity index (χ4v) is 1.51. The van der Waals surface area contributed by atoms with Crippen molar-refractivity contribution in [3.05, 3.63) is 0 Å². The second-order valence-electron chi connectivity index (χ2n) is 5.25. The zero-order valence-corrected chi connectivity index (χ0v) is 15.8. The molecule has 3 nitrogen and oxygen atoms in total.